The van der Waals surface area contributed by atoms with E-state index in [-0.39, 0.29) is 12.5 Å². The van der Waals surface area contributed by atoms with E-state index in [1.807, 2.05) is 36.4 Å². The van der Waals surface area contributed by atoms with E-state index in [1.54, 1.807) is 6.20 Å². The van der Waals surface area contributed by atoms with Gasteiger partial charge < -0.3 is 15.3 Å². The van der Waals surface area contributed by atoms with E-state index in [0.29, 0.717) is 21.5 Å². The minimum absolute atomic E-state index is 0.222. The van der Waals surface area contributed by atoms with Crippen molar-refractivity contribution in [2.75, 3.05) is 29.9 Å². The summed E-state index contributed by atoms with van der Waals surface area (Å²) in [6, 6.07) is 11.4. The van der Waals surface area contributed by atoms with Crippen LogP contribution in [0.1, 0.15) is 22.5 Å². The zero-order valence-electron chi connectivity index (χ0n) is 14.7. The number of hydrogen-bond donors (Lipinski definition) is 2. The quantitative estimate of drug-likeness (QED) is 0.679. The van der Waals surface area contributed by atoms with Crippen LogP contribution in [0.2, 0.25) is 5.02 Å². The van der Waals surface area contributed by atoms with Crippen LogP contribution in [-0.2, 0) is 0 Å². The number of carbonyl (C=O) groups is 1. The SMILES string of the molecule is O=C(Nc1cccnc1N1CCC(CO)CC1)c1sc2ccccc2c1Cl. The third kappa shape index (κ3) is 3.65. The lowest BCUT2D eigenvalue weighted by atomic mass is 9.98. The number of fused-ring (bicyclic) bond motifs is 1. The maximum atomic E-state index is 12.9. The predicted octanol–water partition coefficient (Wildman–Crippen LogP) is 4.41. The lowest BCUT2D eigenvalue weighted by Gasteiger charge is -2.33. The van der Waals surface area contributed by atoms with Gasteiger partial charge in [0, 0.05) is 36.0 Å². The molecule has 1 fully saturated rings. The number of aliphatic hydroxyl groups is 1. The summed E-state index contributed by atoms with van der Waals surface area (Å²) >= 11 is 7.83. The van der Waals surface area contributed by atoms with E-state index in [4.69, 9.17) is 11.6 Å². The first-order valence-electron chi connectivity index (χ1n) is 8.96. The van der Waals surface area contributed by atoms with Gasteiger partial charge in [-0.1, -0.05) is 29.8 Å². The lowest BCUT2D eigenvalue weighted by molar-refractivity contribution is 0.103. The van der Waals surface area contributed by atoms with Gasteiger partial charge in [-0.25, -0.2) is 4.98 Å². The Bertz CT molecular complexity index is 967. The number of aromatic nitrogens is 1. The molecule has 0 spiro atoms. The number of pyridine rings is 1. The summed E-state index contributed by atoms with van der Waals surface area (Å²) in [6.45, 7) is 1.85. The second-order valence-corrected chi connectivity index (χ2v) is 8.11. The maximum Gasteiger partial charge on any atom is 0.267 e. The van der Waals surface area contributed by atoms with Crippen LogP contribution in [0.4, 0.5) is 11.5 Å². The molecular formula is C20H20ClN3O2S. The smallest absolute Gasteiger partial charge is 0.267 e. The molecule has 2 aromatic heterocycles. The Morgan fingerprint density at radius 2 is 2.04 bits per heavy atom. The third-order valence-corrected chi connectivity index (χ3v) is 6.62. The summed E-state index contributed by atoms with van der Waals surface area (Å²) in [6.07, 6.45) is 3.57. The van der Waals surface area contributed by atoms with Crippen LogP contribution < -0.4 is 10.2 Å². The zero-order valence-corrected chi connectivity index (χ0v) is 16.3. The number of benzene rings is 1. The van der Waals surface area contributed by atoms with Crippen molar-refractivity contribution in [3.8, 4) is 0 Å². The number of anilines is 2. The van der Waals surface area contributed by atoms with Gasteiger partial charge in [0.15, 0.2) is 5.82 Å². The largest absolute Gasteiger partial charge is 0.396 e. The molecule has 1 aromatic carbocycles. The minimum Gasteiger partial charge on any atom is -0.396 e. The summed E-state index contributed by atoms with van der Waals surface area (Å²) in [7, 11) is 0. The molecule has 2 N–H and O–H groups in total. The molecule has 1 saturated heterocycles. The molecule has 7 heteroatoms. The molecular weight excluding hydrogens is 382 g/mol. The van der Waals surface area contributed by atoms with E-state index in [2.05, 4.69) is 15.2 Å². The van der Waals surface area contributed by atoms with Gasteiger partial charge in [0.1, 0.15) is 4.88 Å². The van der Waals surface area contributed by atoms with Crippen molar-refractivity contribution in [2.24, 2.45) is 5.92 Å². The van der Waals surface area contributed by atoms with Crippen molar-refractivity contribution in [3.05, 3.63) is 52.5 Å². The van der Waals surface area contributed by atoms with Crippen LogP contribution in [0.3, 0.4) is 0 Å². The lowest BCUT2D eigenvalue weighted by Crippen LogP contribution is -2.35. The highest BCUT2D eigenvalue weighted by Crippen LogP contribution is 2.36. The molecule has 0 aliphatic carbocycles. The fraction of sp³-hybridized carbons (Fsp3) is 0.300. The third-order valence-electron chi connectivity index (χ3n) is 4.95. The normalized spacial score (nSPS) is 15.3. The van der Waals surface area contributed by atoms with Gasteiger partial charge in [0.2, 0.25) is 0 Å². The van der Waals surface area contributed by atoms with Crippen molar-refractivity contribution in [3.63, 3.8) is 0 Å². The number of amides is 1. The van der Waals surface area contributed by atoms with Gasteiger partial charge in [-0.3, -0.25) is 4.79 Å². The highest BCUT2D eigenvalue weighted by Gasteiger charge is 2.23. The van der Waals surface area contributed by atoms with Crippen LogP contribution in [0.25, 0.3) is 10.1 Å². The van der Waals surface area contributed by atoms with Gasteiger partial charge in [-0.05, 0) is 37.0 Å². The summed E-state index contributed by atoms with van der Waals surface area (Å²) in [5, 5.41) is 13.7. The molecule has 0 radical (unpaired) electrons. The summed E-state index contributed by atoms with van der Waals surface area (Å²) in [4.78, 5) is 20.0. The number of aliphatic hydroxyl groups excluding tert-OH is 1. The number of thiophene rings is 1. The van der Waals surface area contributed by atoms with Gasteiger partial charge in [0.25, 0.3) is 5.91 Å². The van der Waals surface area contributed by atoms with E-state index < -0.39 is 0 Å². The van der Waals surface area contributed by atoms with Gasteiger partial charge in [-0.15, -0.1) is 11.3 Å². The molecule has 1 aliphatic rings. The fourth-order valence-electron chi connectivity index (χ4n) is 3.41. The Morgan fingerprint density at radius 1 is 1.26 bits per heavy atom. The first-order valence-corrected chi connectivity index (χ1v) is 10.2. The Hall–Kier alpha value is -2.15. The Morgan fingerprint density at radius 3 is 2.78 bits per heavy atom. The number of nitrogens with zero attached hydrogens (tertiary/aromatic N) is 2. The number of halogens is 1. The second-order valence-electron chi connectivity index (χ2n) is 6.68. The molecule has 1 aliphatic heterocycles. The number of rotatable bonds is 4. The number of piperidine rings is 1. The topological polar surface area (TPSA) is 65.5 Å². The average molecular weight is 402 g/mol. The molecule has 140 valence electrons. The van der Waals surface area contributed by atoms with Crippen LogP contribution in [0, 0.1) is 5.92 Å². The van der Waals surface area contributed by atoms with Gasteiger partial charge >= 0.3 is 0 Å². The zero-order chi connectivity index (χ0) is 18.8. The standard InChI is InChI=1S/C20H20ClN3O2S/c21-17-14-4-1-2-6-16(14)27-18(17)20(26)23-15-5-3-9-22-19(15)24-10-7-13(12-25)8-11-24/h1-6,9,13,25H,7-8,10-12H2,(H,23,26). The first-order chi connectivity index (χ1) is 13.2. The number of carbonyl (C=O) groups excluding carboxylic acids is 1. The van der Waals surface area contributed by atoms with Crippen molar-refractivity contribution in [1.82, 2.24) is 4.98 Å². The van der Waals surface area contributed by atoms with Crippen LogP contribution in [0.15, 0.2) is 42.6 Å². The Labute approximate surface area is 166 Å². The van der Waals surface area contributed by atoms with Crippen molar-refractivity contribution in [1.29, 1.82) is 0 Å². The molecule has 3 aromatic rings. The molecule has 1 amide bonds. The predicted molar refractivity (Wildman–Crippen MR) is 111 cm³/mol. The molecule has 0 atom stereocenters. The van der Waals surface area contributed by atoms with E-state index in [9.17, 15) is 9.90 Å². The second kappa shape index (κ2) is 7.84. The highest BCUT2D eigenvalue weighted by atomic mass is 35.5. The van der Waals surface area contributed by atoms with Crippen LogP contribution in [0.5, 0.6) is 0 Å². The monoisotopic (exact) mass is 401 g/mol. The van der Waals surface area contributed by atoms with Gasteiger partial charge in [0.05, 0.1) is 10.7 Å². The number of nitrogens with one attached hydrogen (secondary N) is 1. The fourth-order valence-corrected chi connectivity index (χ4v) is 4.83. The minimum atomic E-state index is -0.222. The summed E-state index contributed by atoms with van der Waals surface area (Å²) < 4.78 is 0.991. The molecule has 0 unspecified atom stereocenters. The molecule has 4 rings (SSSR count). The molecule has 3 heterocycles. The molecule has 0 bridgehead atoms. The van der Waals surface area contributed by atoms with Crippen molar-refractivity contribution >= 4 is 50.4 Å². The average Bonchev–Trinajstić information content (AvgIpc) is 3.06. The molecule has 5 nitrogen and oxygen atoms in total. The first kappa shape index (κ1) is 18.2. The maximum absolute atomic E-state index is 12.9. The summed E-state index contributed by atoms with van der Waals surface area (Å²) in [5.74, 6) is 0.889. The van der Waals surface area contributed by atoms with Crippen LogP contribution >= 0.6 is 22.9 Å². The number of hydrogen-bond acceptors (Lipinski definition) is 5. The van der Waals surface area contributed by atoms with Crippen molar-refractivity contribution < 1.29 is 9.90 Å². The Balaban J connectivity index is 1.57. The molecule has 0 saturated carbocycles. The van der Waals surface area contributed by atoms with Crippen LogP contribution in [-0.4, -0.2) is 35.7 Å². The van der Waals surface area contributed by atoms with E-state index in [0.717, 1.165) is 41.8 Å². The van der Waals surface area contributed by atoms with Gasteiger partial charge in [-0.2, -0.15) is 0 Å². The highest BCUT2D eigenvalue weighted by molar-refractivity contribution is 7.21. The molecule has 27 heavy (non-hydrogen) atoms. The van der Waals surface area contributed by atoms with E-state index in [1.165, 1.54) is 11.3 Å². The summed E-state index contributed by atoms with van der Waals surface area (Å²) in [5.41, 5.74) is 0.679. The Kier molecular flexibility index (Phi) is 5.29. The van der Waals surface area contributed by atoms with Crippen molar-refractivity contribution in [2.45, 2.75) is 12.8 Å². The van der Waals surface area contributed by atoms with E-state index >= 15 is 0 Å².